The molecule has 2 aliphatic heterocycles. The Morgan fingerprint density at radius 3 is 2.50 bits per heavy atom. The Hall–Kier alpha value is -3.16. The summed E-state index contributed by atoms with van der Waals surface area (Å²) in [4.78, 5) is 28.7. The molecule has 0 spiro atoms. The standard InChI is InChI=1S/C24H31N5O3/c1-16(2)12-23(30)28-11-10-21(15-28)32-20-7-5-19(6-8-20)25-24(31)18-13-29(14-18)22-9-4-17(3)26-27-22/h4-9,16,18,21H,10-15H2,1-3H3,(H,25,31)/t21-/m1/s1. The van der Waals surface area contributed by atoms with Crippen molar-refractivity contribution in [1.82, 2.24) is 15.1 Å². The first-order chi connectivity index (χ1) is 15.4. The van der Waals surface area contributed by atoms with E-state index in [2.05, 4.69) is 29.4 Å². The molecule has 0 unspecified atom stereocenters. The number of rotatable bonds is 7. The van der Waals surface area contributed by atoms with Crippen molar-refractivity contribution in [2.45, 2.75) is 39.7 Å². The van der Waals surface area contributed by atoms with Gasteiger partial charge in [0.05, 0.1) is 18.2 Å². The van der Waals surface area contributed by atoms with Crippen LogP contribution in [0, 0.1) is 18.8 Å². The number of likely N-dealkylation sites (tertiary alicyclic amines) is 1. The molecule has 2 aromatic rings. The fraction of sp³-hybridized carbons (Fsp3) is 0.500. The van der Waals surface area contributed by atoms with Gasteiger partial charge in [0.25, 0.3) is 0 Å². The molecule has 8 heteroatoms. The molecule has 170 valence electrons. The van der Waals surface area contributed by atoms with Crippen LogP contribution in [0.1, 0.15) is 32.4 Å². The lowest BCUT2D eigenvalue weighted by molar-refractivity contribution is -0.131. The molecule has 1 aromatic carbocycles. The van der Waals surface area contributed by atoms with Crippen molar-refractivity contribution in [3.63, 3.8) is 0 Å². The number of hydrogen-bond donors (Lipinski definition) is 1. The number of nitrogens with one attached hydrogen (secondary N) is 1. The summed E-state index contributed by atoms with van der Waals surface area (Å²) < 4.78 is 6.05. The number of carbonyl (C=O) groups is 2. The topological polar surface area (TPSA) is 87.7 Å². The Morgan fingerprint density at radius 2 is 1.84 bits per heavy atom. The Bertz CT molecular complexity index is 939. The van der Waals surface area contributed by atoms with E-state index in [0.29, 0.717) is 32.0 Å². The Labute approximate surface area is 188 Å². The van der Waals surface area contributed by atoms with Crippen LogP contribution in [-0.4, -0.2) is 59.2 Å². The molecule has 32 heavy (non-hydrogen) atoms. The quantitative estimate of drug-likeness (QED) is 0.717. The van der Waals surface area contributed by atoms with Crippen LogP contribution in [0.25, 0.3) is 0 Å². The van der Waals surface area contributed by atoms with Crippen molar-refractivity contribution in [2.75, 3.05) is 36.4 Å². The molecule has 1 aromatic heterocycles. The molecule has 0 saturated carbocycles. The van der Waals surface area contributed by atoms with Gasteiger partial charge in [0, 0.05) is 38.2 Å². The third-order valence-corrected chi connectivity index (χ3v) is 5.87. The highest BCUT2D eigenvalue weighted by atomic mass is 16.5. The SMILES string of the molecule is Cc1ccc(N2CC(C(=O)Nc3ccc(O[C@@H]4CCN(C(=O)CC(C)C)C4)cc3)C2)nn1. The van der Waals surface area contributed by atoms with Gasteiger partial charge in [-0.2, -0.15) is 5.10 Å². The number of ether oxygens (including phenoxy) is 1. The third kappa shape index (κ3) is 5.36. The van der Waals surface area contributed by atoms with Gasteiger partial charge in [-0.15, -0.1) is 5.10 Å². The number of aromatic nitrogens is 2. The van der Waals surface area contributed by atoms with Gasteiger partial charge in [-0.05, 0) is 49.2 Å². The Morgan fingerprint density at radius 1 is 1.09 bits per heavy atom. The predicted octanol–water partition coefficient (Wildman–Crippen LogP) is 2.89. The van der Waals surface area contributed by atoms with Gasteiger partial charge < -0.3 is 19.9 Å². The largest absolute Gasteiger partial charge is 0.489 e. The van der Waals surface area contributed by atoms with Crippen LogP contribution in [0.3, 0.4) is 0 Å². The summed E-state index contributed by atoms with van der Waals surface area (Å²) in [6, 6.07) is 11.3. The molecular formula is C24H31N5O3. The summed E-state index contributed by atoms with van der Waals surface area (Å²) in [7, 11) is 0. The normalized spacial score (nSPS) is 18.6. The fourth-order valence-corrected chi connectivity index (χ4v) is 3.97. The molecule has 4 rings (SSSR count). The van der Waals surface area contributed by atoms with E-state index in [-0.39, 0.29) is 23.8 Å². The number of anilines is 2. The van der Waals surface area contributed by atoms with Crippen molar-refractivity contribution in [3.05, 3.63) is 42.1 Å². The molecule has 0 radical (unpaired) electrons. The number of nitrogens with zero attached hydrogens (tertiary/aromatic N) is 4. The Balaban J connectivity index is 1.22. The average Bonchev–Trinajstić information content (AvgIpc) is 3.18. The van der Waals surface area contributed by atoms with E-state index >= 15 is 0 Å². The number of benzene rings is 1. The zero-order valence-electron chi connectivity index (χ0n) is 19.0. The maximum atomic E-state index is 12.5. The lowest BCUT2D eigenvalue weighted by Crippen LogP contribution is -2.52. The van der Waals surface area contributed by atoms with E-state index in [4.69, 9.17) is 4.74 Å². The van der Waals surface area contributed by atoms with Gasteiger partial charge in [-0.1, -0.05) is 13.8 Å². The highest BCUT2D eigenvalue weighted by molar-refractivity contribution is 5.94. The van der Waals surface area contributed by atoms with Crippen LogP contribution in [0.2, 0.25) is 0 Å². The summed E-state index contributed by atoms with van der Waals surface area (Å²) in [5.74, 6) is 2.06. The second kappa shape index (κ2) is 9.54. The highest BCUT2D eigenvalue weighted by Crippen LogP contribution is 2.25. The molecule has 1 atom stereocenters. The van der Waals surface area contributed by atoms with Crippen molar-refractivity contribution in [3.8, 4) is 5.75 Å². The molecule has 0 bridgehead atoms. The minimum Gasteiger partial charge on any atom is -0.489 e. The summed E-state index contributed by atoms with van der Waals surface area (Å²) in [5, 5.41) is 11.2. The molecule has 2 aliphatic rings. The summed E-state index contributed by atoms with van der Waals surface area (Å²) >= 11 is 0. The molecule has 2 amide bonds. The van der Waals surface area contributed by atoms with Gasteiger partial charge in [0.2, 0.25) is 11.8 Å². The number of carbonyl (C=O) groups excluding carboxylic acids is 2. The van der Waals surface area contributed by atoms with Crippen LogP contribution >= 0.6 is 0 Å². The zero-order valence-corrected chi connectivity index (χ0v) is 19.0. The summed E-state index contributed by atoms with van der Waals surface area (Å²) in [6.07, 6.45) is 1.43. The van der Waals surface area contributed by atoms with E-state index in [9.17, 15) is 9.59 Å². The van der Waals surface area contributed by atoms with Crippen LogP contribution in [-0.2, 0) is 9.59 Å². The van der Waals surface area contributed by atoms with Gasteiger partial charge in [0.1, 0.15) is 11.9 Å². The molecular weight excluding hydrogens is 406 g/mol. The monoisotopic (exact) mass is 437 g/mol. The van der Waals surface area contributed by atoms with Crippen LogP contribution in [0.4, 0.5) is 11.5 Å². The molecule has 0 aliphatic carbocycles. The maximum Gasteiger partial charge on any atom is 0.231 e. The predicted molar refractivity (Wildman–Crippen MR) is 123 cm³/mol. The van der Waals surface area contributed by atoms with E-state index in [1.807, 2.05) is 53.1 Å². The smallest absolute Gasteiger partial charge is 0.231 e. The van der Waals surface area contributed by atoms with Gasteiger partial charge in [-0.3, -0.25) is 9.59 Å². The Kier molecular flexibility index (Phi) is 6.58. The number of hydrogen-bond acceptors (Lipinski definition) is 6. The molecule has 2 saturated heterocycles. The second-order valence-corrected chi connectivity index (χ2v) is 9.11. The number of amides is 2. The summed E-state index contributed by atoms with van der Waals surface area (Å²) in [5.41, 5.74) is 1.62. The van der Waals surface area contributed by atoms with E-state index in [1.165, 1.54) is 0 Å². The second-order valence-electron chi connectivity index (χ2n) is 9.11. The van der Waals surface area contributed by atoms with E-state index < -0.39 is 0 Å². The fourth-order valence-electron chi connectivity index (χ4n) is 3.97. The minimum absolute atomic E-state index is 0.00471. The first kappa shape index (κ1) is 22.0. The van der Waals surface area contributed by atoms with Gasteiger partial charge in [-0.25, -0.2) is 0 Å². The van der Waals surface area contributed by atoms with Gasteiger partial charge >= 0.3 is 0 Å². The van der Waals surface area contributed by atoms with Crippen molar-refractivity contribution < 1.29 is 14.3 Å². The first-order valence-electron chi connectivity index (χ1n) is 11.3. The van der Waals surface area contributed by atoms with E-state index in [0.717, 1.165) is 35.9 Å². The van der Waals surface area contributed by atoms with Crippen LogP contribution in [0.5, 0.6) is 5.75 Å². The van der Waals surface area contributed by atoms with E-state index in [1.54, 1.807) is 0 Å². The van der Waals surface area contributed by atoms with Gasteiger partial charge in [0.15, 0.2) is 5.82 Å². The maximum absolute atomic E-state index is 12.5. The summed E-state index contributed by atoms with van der Waals surface area (Å²) in [6.45, 7) is 8.67. The average molecular weight is 438 g/mol. The lowest BCUT2D eigenvalue weighted by atomic mass is 9.99. The third-order valence-electron chi connectivity index (χ3n) is 5.87. The minimum atomic E-state index is -0.0677. The van der Waals surface area contributed by atoms with Crippen LogP contribution < -0.4 is 15.0 Å². The molecule has 3 heterocycles. The lowest BCUT2D eigenvalue weighted by Gasteiger charge is -2.38. The van der Waals surface area contributed by atoms with Crippen molar-refractivity contribution in [2.24, 2.45) is 11.8 Å². The zero-order chi connectivity index (χ0) is 22.7. The highest BCUT2D eigenvalue weighted by Gasteiger charge is 2.33. The van der Waals surface area contributed by atoms with Crippen molar-refractivity contribution >= 4 is 23.3 Å². The van der Waals surface area contributed by atoms with Crippen LogP contribution in [0.15, 0.2) is 36.4 Å². The molecule has 2 fully saturated rings. The number of aryl methyl sites for hydroxylation is 1. The molecule has 8 nitrogen and oxygen atoms in total. The van der Waals surface area contributed by atoms with Crippen molar-refractivity contribution in [1.29, 1.82) is 0 Å². The first-order valence-corrected chi connectivity index (χ1v) is 11.3. The molecule has 1 N–H and O–H groups in total.